The van der Waals surface area contributed by atoms with Gasteiger partial charge in [0.1, 0.15) is 0 Å². The van der Waals surface area contributed by atoms with Gasteiger partial charge in [0, 0.05) is 24.2 Å². The molecular weight excluding hydrogens is 626 g/mol. The topological polar surface area (TPSA) is 137 Å². The maximum Gasteiger partial charge on any atom is 0.418 e. The molecule has 0 aliphatic carbocycles. The summed E-state index contributed by atoms with van der Waals surface area (Å²) in [5, 5.41) is 18.3. The van der Waals surface area contributed by atoms with Gasteiger partial charge < -0.3 is 28.2 Å². The van der Waals surface area contributed by atoms with E-state index in [2.05, 4.69) is 9.97 Å². The van der Waals surface area contributed by atoms with Gasteiger partial charge in [0.25, 0.3) is 0 Å². The summed E-state index contributed by atoms with van der Waals surface area (Å²) >= 11 is 0. The van der Waals surface area contributed by atoms with E-state index in [0.29, 0.717) is 11.1 Å². The molecule has 0 spiro atoms. The maximum atomic E-state index is 13.5. The number of carboxylic acid groups (broad SMARTS) is 2. The van der Waals surface area contributed by atoms with Gasteiger partial charge >= 0.3 is 24.3 Å². The molecule has 2 aromatic carbocycles. The number of aromatic carboxylic acids is 2. The predicted octanol–water partition coefficient (Wildman–Crippen LogP) is 8.07. The van der Waals surface area contributed by atoms with Gasteiger partial charge in [-0.25, -0.2) is 19.6 Å². The molecule has 0 bridgehead atoms. The zero-order chi connectivity index (χ0) is 33.6. The Balaban J connectivity index is 0.000000181. The number of fused-ring (bicyclic) bond motifs is 2. The largest absolute Gasteiger partial charge is 0.475 e. The van der Waals surface area contributed by atoms with E-state index >= 15 is 0 Å². The second-order valence-corrected chi connectivity index (χ2v) is 9.77. The number of rotatable bonds is 6. The molecule has 0 unspecified atom stereocenters. The Morgan fingerprint density at radius 3 is 1.30 bits per heavy atom. The molecule has 2 N–H and O–H groups in total. The van der Waals surface area contributed by atoms with Crippen molar-refractivity contribution in [3.05, 3.63) is 84.2 Å². The summed E-state index contributed by atoms with van der Waals surface area (Å²) in [7, 11) is 0. The number of aromatic nitrogens is 4. The fourth-order valence-corrected chi connectivity index (χ4v) is 5.10. The van der Waals surface area contributed by atoms with Gasteiger partial charge in [0.2, 0.25) is 11.6 Å². The number of carboxylic acids is 2. The van der Waals surface area contributed by atoms with Crippen molar-refractivity contribution < 1.29 is 55.0 Å². The van der Waals surface area contributed by atoms with Crippen LogP contribution < -0.4 is 0 Å². The van der Waals surface area contributed by atoms with Crippen molar-refractivity contribution >= 4 is 34.0 Å². The first-order chi connectivity index (χ1) is 21.6. The molecule has 0 saturated carbocycles. The zero-order valence-electron chi connectivity index (χ0n) is 23.8. The third-order valence-electron chi connectivity index (χ3n) is 7.02. The van der Waals surface area contributed by atoms with E-state index in [1.54, 1.807) is 13.8 Å². The highest BCUT2D eigenvalue weighted by Gasteiger charge is 2.37. The van der Waals surface area contributed by atoms with Crippen LogP contribution in [0.1, 0.15) is 46.2 Å². The molecule has 10 nitrogen and oxygen atoms in total. The molecule has 240 valence electrons. The zero-order valence-corrected chi connectivity index (χ0v) is 23.8. The molecular formula is C30H22F6N4O6. The Kier molecular flexibility index (Phi) is 8.15. The quantitative estimate of drug-likeness (QED) is 0.173. The van der Waals surface area contributed by atoms with Crippen LogP contribution in [0.4, 0.5) is 26.3 Å². The Labute approximate surface area is 254 Å². The van der Waals surface area contributed by atoms with Crippen LogP contribution in [0, 0.1) is 0 Å². The first kappa shape index (κ1) is 31.9. The standard InChI is InChI=1S/2C15H11F3N2O3/c2*1-2-20-12-10(15(16,17)18)5-9(8-3-4-23-7-8)6-11(12)19-13(20)14(21)22/h2*3-7H,2H2,1H3,(H,21,22). The second-order valence-electron chi connectivity index (χ2n) is 9.77. The summed E-state index contributed by atoms with van der Waals surface area (Å²) < 4.78 is 92.6. The molecule has 0 fully saturated rings. The van der Waals surface area contributed by atoms with E-state index in [4.69, 9.17) is 19.0 Å². The minimum atomic E-state index is -4.64. The van der Waals surface area contributed by atoms with Crippen molar-refractivity contribution in [2.75, 3.05) is 0 Å². The smallest absolute Gasteiger partial charge is 0.418 e. The van der Waals surface area contributed by atoms with Gasteiger partial charge in [-0.15, -0.1) is 0 Å². The Morgan fingerprint density at radius 2 is 1.04 bits per heavy atom. The molecule has 6 aromatic rings. The van der Waals surface area contributed by atoms with E-state index in [1.807, 2.05) is 0 Å². The van der Waals surface area contributed by atoms with Gasteiger partial charge in [0.05, 0.1) is 58.2 Å². The van der Waals surface area contributed by atoms with Crippen LogP contribution in [0.25, 0.3) is 44.3 Å². The lowest BCUT2D eigenvalue weighted by Gasteiger charge is -2.12. The highest BCUT2D eigenvalue weighted by atomic mass is 19.4. The molecule has 0 aliphatic heterocycles. The van der Waals surface area contributed by atoms with Crippen LogP contribution in [0.2, 0.25) is 0 Å². The number of imidazole rings is 2. The summed E-state index contributed by atoms with van der Waals surface area (Å²) in [5.74, 6) is -3.59. The number of hydrogen-bond acceptors (Lipinski definition) is 6. The summed E-state index contributed by atoms with van der Waals surface area (Å²) in [6.45, 7) is 3.26. The normalized spacial score (nSPS) is 12.0. The van der Waals surface area contributed by atoms with Crippen molar-refractivity contribution in [3.63, 3.8) is 0 Å². The molecule has 0 saturated heterocycles. The van der Waals surface area contributed by atoms with E-state index in [0.717, 1.165) is 21.3 Å². The highest BCUT2D eigenvalue weighted by molar-refractivity contribution is 5.94. The van der Waals surface area contributed by atoms with Crippen LogP contribution in [0.3, 0.4) is 0 Å². The molecule has 6 rings (SSSR count). The second kappa shape index (κ2) is 11.8. The SMILES string of the molecule is CCn1c(C(=O)O)nc2cc(-c3ccoc3)cc(C(F)(F)F)c21.CCn1c(C(=O)O)nc2cc(-c3ccoc3)cc(C(F)(F)F)c21. The Morgan fingerprint density at radius 1 is 0.674 bits per heavy atom. The van der Waals surface area contributed by atoms with Crippen molar-refractivity contribution in [2.24, 2.45) is 0 Å². The number of halogens is 6. The lowest BCUT2D eigenvalue weighted by atomic mass is 10.0. The van der Waals surface area contributed by atoms with Crippen molar-refractivity contribution in [1.82, 2.24) is 19.1 Å². The number of nitrogens with zero attached hydrogens (tertiary/aromatic N) is 4. The van der Waals surface area contributed by atoms with Gasteiger partial charge in [-0.1, -0.05) is 0 Å². The number of aryl methyl sites for hydroxylation is 2. The van der Waals surface area contributed by atoms with Gasteiger partial charge in [-0.2, -0.15) is 26.3 Å². The molecule has 46 heavy (non-hydrogen) atoms. The third kappa shape index (κ3) is 5.80. The maximum absolute atomic E-state index is 13.5. The lowest BCUT2D eigenvalue weighted by Crippen LogP contribution is -2.12. The minimum Gasteiger partial charge on any atom is -0.475 e. The molecule has 4 heterocycles. The van der Waals surface area contributed by atoms with E-state index < -0.39 is 47.1 Å². The Hall–Kier alpha value is -5.54. The minimum absolute atomic E-state index is 0.0183. The molecule has 0 aliphatic rings. The molecule has 0 radical (unpaired) electrons. The van der Waals surface area contributed by atoms with Crippen LogP contribution in [-0.2, 0) is 25.4 Å². The summed E-state index contributed by atoms with van der Waals surface area (Å²) in [6, 6.07) is 7.86. The van der Waals surface area contributed by atoms with E-state index in [-0.39, 0.29) is 46.3 Å². The molecule has 0 amide bonds. The average molecular weight is 649 g/mol. The van der Waals surface area contributed by atoms with E-state index in [9.17, 15) is 35.9 Å². The molecule has 4 aromatic heterocycles. The lowest BCUT2D eigenvalue weighted by molar-refractivity contribution is -0.137. The predicted molar refractivity (Wildman–Crippen MR) is 150 cm³/mol. The third-order valence-corrected chi connectivity index (χ3v) is 7.02. The highest BCUT2D eigenvalue weighted by Crippen LogP contribution is 2.40. The van der Waals surface area contributed by atoms with Gasteiger partial charge in [0.15, 0.2) is 0 Å². The van der Waals surface area contributed by atoms with E-state index in [1.165, 1.54) is 49.3 Å². The van der Waals surface area contributed by atoms with Crippen LogP contribution in [-0.4, -0.2) is 41.3 Å². The number of hydrogen-bond donors (Lipinski definition) is 2. The number of alkyl halides is 6. The average Bonchev–Trinajstić information content (AvgIpc) is 3.80. The fraction of sp³-hybridized carbons (Fsp3) is 0.200. The first-order valence-corrected chi connectivity index (χ1v) is 13.4. The van der Waals surface area contributed by atoms with Crippen LogP contribution >= 0.6 is 0 Å². The summed E-state index contributed by atoms with van der Waals surface area (Å²) in [4.78, 5) is 30.2. The molecule has 16 heteroatoms. The first-order valence-electron chi connectivity index (χ1n) is 13.4. The summed E-state index contributed by atoms with van der Waals surface area (Å²) in [5.41, 5.74) is -0.908. The Bertz CT molecular complexity index is 1910. The van der Waals surface area contributed by atoms with Crippen LogP contribution in [0.15, 0.2) is 70.3 Å². The monoisotopic (exact) mass is 648 g/mol. The van der Waals surface area contributed by atoms with Gasteiger partial charge in [-0.3, -0.25) is 0 Å². The van der Waals surface area contributed by atoms with Gasteiger partial charge in [-0.05, 0) is 61.4 Å². The summed E-state index contributed by atoms with van der Waals surface area (Å²) in [6.07, 6.45) is -3.95. The number of furan rings is 2. The van der Waals surface area contributed by atoms with Crippen molar-refractivity contribution in [1.29, 1.82) is 0 Å². The number of carbonyl (C=O) groups is 2. The molecule has 0 atom stereocenters. The number of benzene rings is 2. The van der Waals surface area contributed by atoms with Crippen molar-refractivity contribution in [3.8, 4) is 22.3 Å². The fourth-order valence-electron chi connectivity index (χ4n) is 5.10. The van der Waals surface area contributed by atoms with Crippen LogP contribution in [0.5, 0.6) is 0 Å². The van der Waals surface area contributed by atoms with Crippen molar-refractivity contribution in [2.45, 2.75) is 39.3 Å².